The van der Waals surface area contributed by atoms with Crippen molar-refractivity contribution in [1.29, 1.82) is 0 Å². The number of hydrazone groups is 1. The third-order valence-electron chi connectivity index (χ3n) is 6.01. The SMILES string of the molecule is CCCCCCCCCCCCCCCC(=O)NN=Cc1ccc(OC(=O)c2ccccc2)cc1. The van der Waals surface area contributed by atoms with Crippen LogP contribution >= 0.6 is 0 Å². The fourth-order valence-corrected chi connectivity index (χ4v) is 3.90. The average molecular weight is 479 g/mol. The Morgan fingerprint density at radius 3 is 1.86 bits per heavy atom. The summed E-state index contributed by atoms with van der Waals surface area (Å²) in [4.78, 5) is 24.0. The zero-order chi connectivity index (χ0) is 25.0. The molecule has 5 nitrogen and oxygen atoms in total. The van der Waals surface area contributed by atoms with Crippen LogP contribution in [0.4, 0.5) is 0 Å². The predicted molar refractivity (Wildman–Crippen MR) is 144 cm³/mol. The Morgan fingerprint density at radius 2 is 1.29 bits per heavy atom. The van der Waals surface area contributed by atoms with Crippen molar-refractivity contribution >= 4 is 18.1 Å². The lowest BCUT2D eigenvalue weighted by Gasteiger charge is -2.04. The summed E-state index contributed by atoms with van der Waals surface area (Å²) in [7, 11) is 0. The molecule has 0 fully saturated rings. The van der Waals surface area contributed by atoms with Gasteiger partial charge in [0.25, 0.3) is 0 Å². The molecule has 2 aromatic rings. The van der Waals surface area contributed by atoms with Crippen LogP contribution < -0.4 is 10.2 Å². The fourth-order valence-electron chi connectivity index (χ4n) is 3.90. The normalized spacial score (nSPS) is 11.0. The molecule has 2 rings (SSSR count). The van der Waals surface area contributed by atoms with E-state index in [4.69, 9.17) is 4.74 Å². The molecule has 0 aromatic heterocycles. The quantitative estimate of drug-likeness (QED) is 0.0780. The molecule has 0 radical (unpaired) electrons. The smallest absolute Gasteiger partial charge is 0.343 e. The summed E-state index contributed by atoms with van der Waals surface area (Å²) in [6.45, 7) is 2.26. The highest BCUT2D eigenvalue weighted by molar-refractivity contribution is 5.91. The monoisotopic (exact) mass is 478 g/mol. The minimum atomic E-state index is -0.396. The zero-order valence-electron chi connectivity index (χ0n) is 21.3. The van der Waals surface area contributed by atoms with Crippen LogP contribution in [0.25, 0.3) is 0 Å². The van der Waals surface area contributed by atoms with Crippen LogP contribution in [0.3, 0.4) is 0 Å². The van der Waals surface area contributed by atoms with Gasteiger partial charge >= 0.3 is 5.97 Å². The topological polar surface area (TPSA) is 67.8 Å². The number of rotatable bonds is 18. The molecule has 0 aliphatic heterocycles. The van der Waals surface area contributed by atoms with E-state index in [0.717, 1.165) is 18.4 Å². The van der Waals surface area contributed by atoms with Crippen LogP contribution in [-0.2, 0) is 4.79 Å². The molecule has 0 spiro atoms. The molecule has 0 bridgehead atoms. The Kier molecular flexibility index (Phi) is 14.9. The third kappa shape index (κ3) is 13.5. The van der Waals surface area contributed by atoms with Crippen molar-refractivity contribution in [3.63, 3.8) is 0 Å². The van der Waals surface area contributed by atoms with Gasteiger partial charge in [0.15, 0.2) is 0 Å². The van der Waals surface area contributed by atoms with E-state index >= 15 is 0 Å². The Balaban J connectivity index is 1.48. The van der Waals surface area contributed by atoms with E-state index in [9.17, 15) is 9.59 Å². The Hall–Kier alpha value is -2.95. The Bertz CT molecular complexity index is 863. The molecule has 0 unspecified atom stereocenters. The maximum atomic E-state index is 12.1. The van der Waals surface area contributed by atoms with Gasteiger partial charge in [-0.25, -0.2) is 10.2 Å². The summed E-state index contributed by atoms with van der Waals surface area (Å²) in [6.07, 6.45) is 18.9. The van der Waals surface area contributed by atoms with Crippen molar-refractivity contribution < 1.29 is 14.3 Å². The highest BCUT2D eigenvalue weighted by atomic mass is 16.5. The van der Waals surface area contributed by atoms with Gasteiger partial charge < -0.3 is 4.74 Å². The molecule has 0 aliphatic carbocycles. The van der Waals surface area contributed by atoms with Crippen molar-refractivity contribution in [2.24, 2.45) is 5.10 Å². The second-order valence-corrected chi connectivity index (χ2v) is 9.11. The first kappa shape index (κ1) is 28.3. The Morgan fingerprint density at radius 1 is 0.743 bits per heavy atom. The molecule has 35 heavy (non-hydrogen) atoms. The first-order valence-corrected chi connectivity index (χ1v) is 13.4. The molecule has 0 saturated heterocycles. The van der Waals surface area contributed by atoms with Gasteiger partial charge in [-0.05, 0) is 48.4 Å². The van der Waals surface area contributed by atoms with E-state index in [-0.39, 0.29) is 5.91 Å². The lowest BCUT2D eigenvalue weighted by Crippen LogP contribution is -2.16. The van der Waals surface area contributed by atoms with Gasteiger partial charge in [-0.2, -0.15) is 5.10 Å². The number of hydrogen-bond acceptors (Lipinski definition) is 4. The van der Waals surface area contributed by atoms with Crippen molar-refractivity contribution in [1.82, 2.24) is 5.43 Å². The highest BCUT2D eigenvalue weighted by Crippen LogP contribution is 2.14. The zero-order valence-corrected chi connectivity index (χ0v) is 21.3. The summed E-state index contributed by atoms with van der Waals surface area (Å²) >= 11 is 0. The summed E-state index contributed by atoms with van der Waals surface area (Å²) in [5.74, 6) is 0.00706. The van der Waals surface area contributed by atoms with Gasteiger partial charge in [-0.3, -0.25) is 4.79 Å². The summed E-state index contributed by atoms with van der Waals surface area (Å²) in [6, 6.07) is 15.9. The minimum Gasteiger partial charge on any atom is -0.423 e. The van der Waals surface area contributed by atoms with Crippen LogP contribution in [0.1, 0.15) is 113 Å². The standard InChI is InChI=1S/C30H42N2O3/c1-2-3-4-5-6-7-8-9-10-11-12-13-17-20-29(33)32-31-25-26-21-23-28(24-22-26)35-30(34)27-18-15-14-16-19-27/h14-16,18-19,21-25H,2-13,17,20H2,1H3,(H,32,33). The van der Waals surface area contributed by atoms with Crippen LogP contribution in [0.5, 0.6) is 5.75 Å². The number of nitrogens with one attached hydrogen (secondary N) is 1. The van der Waals surface area contributed by atoms with E-state index in [2.05, 4.69) is 17.5 Å². The summed E-state index contributed by atoms with van der Waals surface area (Å²) in [5.41, 5.74) is 3.90. The maximum Gasteiger partial charge on any atom is 0.343 e. The second-order valence-electron chi connectivity index (χ2n) is 9.11. The first-order valence-electron chi connectivity index (χ1n) is 13.4. The number of carbonyl (C=O) groups excluding carboxylic acids is 2. The van der Waals surface area contributed by atoms with E-state index in [1.807, 2.05) is 6.07 Å². The van der Waals surface area contributed by atoms with E-state index in [1.54, 1.807) is 54.7 Å². The van der Waals surface area contributed by atoms with Gasteiger partial charge in [0.2, 0.25) is 5.91 Å². The summed E-state index contributed by atoms with van der Waals surface area (Å²) in [5, 5.41) is 4.03. The molecular formula is C30H42N2O3. The molecule has 0 atom stereocenters. The van der Waals surface area contributed by atoms with Gasteiger partial charge in [0.05, 0.1) is 11.8 Å². The predicted octanol–water partition coefficient (Wildman–Crippen LogP) is 7.84. The average Bonchev–Trinajstić information content (AvgIpc) is 2.88. The van der Waals surface area contributed by atoms with Crippen molar-refractivity contribution in [3.8, 4) is 5.75 Å². The number of esters is 1. The third-order valence-corrected chi connectivity index (χ3v) is 6.01. The molecule has 2 aromatic carbocycles. The largest absolute Gasteiger partial charge is 0.423 e. The van der Waals surface area contributed by atoms with Gasteiger partial charge in [0.1, 0.15) is 5.75 Å². The van der Waals surface area contributed by atoms with Crippen molar-refractivity contribution in [2.45, 2.75) is 96.8 Å². The molecule has 0 heterocycles. The number of nitrogens with zero attached hydrogens (tertiary/aromatic N) is 1. The first-order chi connectivity index (χ1) is 17.2. The number of unbranched alkanes of at least 4 members (excludes halogenated alkanes) is 12. The lowest BCUT2D eigenvalue weighted by atomic mass is 10.0. The van der Waals surface area contributed by atoms with E-state index in [1.165, 1.54) is 70.6 Å². The van der Waals surface area contributed by atoms with Crippen molar-refractivity contribution in [3.05, 3.63) is 65.7 Å². The number of benzene rings is 2. The summed E-state index contributed by atoms with van der Waals surface area (Å²) < 4.78 is 5.36. The van der Waals surface area contributed by atoms with E-state index in [0.29, 0.717) is 17.7 Å². The Labute approximate surface area is 211 Å². The molecule has 0 aliphatic rings. The lowest BCUT2D eigenvalue weighted by molar-refractivity contribution is -0.121. The molecule has 0 saturated carbocycles. The molecule has 1 amide bonds. The number of ether oxygens (including phenoxy) is 1. The second kappa shape index (κ2) is 18.4. The van der Waals surface area contributed by atoms with Crippen molar-refractivity contribution in [2.75, 3.05) is 0 Å². The van der Waals surface area contributed by atoms with Gasteiger partial charge in [-0.1, -0.05) is 102 Å². The minimum absolute atomic E-state index is 0.0577. The molecule has 1 N–H and O–H groups in total. The fraction of sp³-hybridized carbons (Fsp3) is 0.500. The molecular weight excluding hydrogens is 436 g/mol. The van der Waals surface area contributed by atoms with Gasteiger partial charge in [-0.15, -0.1) is 0 Å². The van der Waals surface area contributed by atoms with Crippen LogP contribution in [0, 0.1) is 0 Å². The highest BCUT2D eigenvalue weighted by Gasteiger charge is 2.07. The number of amides is 1. The molecule has 190 valence electrons. The maximum absolute atomic E-state index is 12.1. The van der Waals surface area contributed by atoms with Gasteiger partial charge in [0, 0.05) is 6.42 Å². The van der Waals surface area contributed by atoms with Crippen LogP contribution in [-0.4, -0.2) is 18.1 Å². The van der Waals surface area contributed by atoms with Crippen LogP contribution in [0.2, 0.25) is 0 Å². The van der Waals surface area contributed by atoms with E-state index < -0.39 is 5.97 Å². The van der Waals surface area contributed by atoms with Crippen LogP contribution in [0.15, 0.2) is 59.7 Å². The number of carbonyl (C=O) groups is 2. The molecule has 5 heteroatoms. The number of hydrogen-bond donors (Lipinski definition) is 1.